The molecule has 1 heterocycles. The first-order valence-electron chi connectivity index (χ1n) is 7.81. The summed E-state index contributed by atoms with van der Waals surface area (Å²) in [6.07, 6.45) is 1.61. The van der Waals surface area contributed by atoms with Crippen molar-refractivity contribution in [3.05, 3.63) is 47.5 Å². The molecule has 0 unspecified atom stereocenters. The molecule has 0 spiro atoms. The SMILES string of the molecule is COc1ccc2c(c1)CCCN2S(=O)(=O)c1cc(C)ccc1OC. The molecule has 0 fully saturated rings. The second-order valence-corrected chi connectivity index (χ2v) is 7.66. The number of ether oxygens (including phenoxy) is 2. The summed E-state index contributed by atoms with van der Waals surface area (Å²) < 4.78 is 38.5. The summed E-state index contributed by atoms with van der Waals surface area (Å²) in [5.74, 6) is 1.10. The Morgan fingerprint density at radius 2 is 1.83 bits per heavy atom. The third-order valence-corrected chi connectivity index (χ3v) is 6.08. The summed E-state index contributed by atoms with van der Waals surface area (Å²) in [5.41, 5.74) is 2.57. The average molecular weight is 347 g/mol. The van der Waals surface area contributed by atoms with Crippen LogP contribution in [0.3, 0.4) is 0 Å². The maximum atomic E-state index is 13.3. The molecule has 1 aliphatic heterocycles. The molecule has 6 heteroatoms. The molecule has 0 saturated carbocycles. The normalized spacial score (nSPS) is 14.2. The van der Waals surface area contributed by atoms with Gasteiger partial charge in [0.2, 0.25) is 0 Å². The van der Waals surface area contributed by atoms with Gasteiger partial charge in [-0.1, -0.05) is 6.07 Å². The first-order valence-corrected chi connectivity index (χ1v) is 9.25. The largest absolute Gasteiger partial charge is 0.497 e. The molecule has 0 aliphatic carbocycles. The van der Waals surface area contributed by atoms with Crippen LogP contribution in [0.5, 0.6) is 11.5 Å². The second-order valence-electron chi connectivity index (χ2n) is 5.83. The molecular formula is C18H21NO4S. The molecular weight excluding hydrogens is 326 g/mol. The van der Waals surface area contributed by atoms with Crippen LogP contribution in [-0.2, 0) is 16.4 Å². The average Bonchev–Trinajstić information content (AvgIpc) is 2.60. The van der Waals surface area contributed by atoms with E-state index in [4.69, 9.17) is 9.47 Å². The van der Waals surface area contributed by atoms with Crippen molar-refractivity contribution < 1.29 is 17.9 Å². The van der Waals surface area contributed by atoms with E-state index in [0.29, 0.717) is 18.0 Å². The molecule has 5 nitrogen and oxygen atoms in total. The van der Waals surface area contributed by atoms with Gasteiger partial charge in [0.25, 0.3) is 10.0 Å². The summed E-state index contributed by atoms with van der Waals surface area (Å²) in [6.45, 7) is 2.33. The van der Waals surface area contributed by atoms with Gasteiger partial charge in [-0.3, -0.25) is 4.31 Å². The van der Waals surface area contributed by atoms with Crippen LogP contribution >= 0.6 is 0 Å². The van der Waals surface area contributed by atoms with Crippen molar-refractivity contribution in [2.24, 2.45) is 0 Å². The zero-order valence-corrected chi connectivity index (χ0v) is 14.9. The Balaban J connectivity index is 2.11. The van der Waals surface area contributed by atoms with Crippen LogP contribution in [0.1, 0.15) is 17.5 Å². The number of nitrogens with zero attached hydrogens (tertiary/aromatic N) is 1. The van der Waals surface area contributed by atoms with Gasteiger partial charge in [-0.2, -0.15) is 0 Å². The Morgan fingerprint density at radius 1 is 1.04 bits per heavy atom. The lowest BCUT2D eigenvalue weighted by atomic mass is 10.0. The Morgan fingerprint density at radius 3 is 2.54 bits per heavy atom. The summed E-state index contributed by atoms with van der Waals surface area (Å²) in [6, 6.07) is 10.7. The van der Waals surface area contributed by atoms with Crippen LogP contribution in [0.15, 0.2) is 41.3 Å². The summed E-state index contributed by atoms with van der Waals surface area (Å²) in [4.78, 5) is 0.202. The Hall–Kier alpha value is -2.21. The molecule has 24 heavy (non-hydrogen) atoms. The number of hydrogen-bond donors (Lipinski definition) is 0. The van der Waals surface area contributed by atoms with E-state index < -0.39 is 10.0 Å². The van der Waals surface area contributed by atoms with Gasteiger partial charge in [0.05, 0.1) is 19.9 Å². The van der Waals surface area contributed by atoms with Crippen LogP contribution in [-0.4, -0.2) is 29.2 Å². The third-order valence-electron chi connectivity index (χ3n) is 4.25. The zero-order chi connectivity index (χ0) is 17.3. The predicted octanol–water partition coefficient (Wildman–Crippen LogP) is 3.15. The lowest BCUT2D eigenvalue weighted by Crippen LogP contribution is -2.35. The van der Waals surface area contributed by atoms with Gasteiger partial charge >= 0.3 is 0 Å². The summed E-state index contributed by atoms with van der Waals surface area (Å²) >= 11 is 0. The minimum absolute atomic E-state index is 0.202. The minimum atomic E-state index is -3.69. The van der Waals surface area contributed by atoms with Crippen molar-refractivity contribution in [1.29, 1.82) is 0 Å². The van der Waals surface area contributed by atoms with Crippen molar-refractivity contribution in [1.82, 2.24) is 0 Å². The number of anilines is 1. The van der Waals surface area contributed by atoms with Crippen LogP contribution in [0.2, 0.25) is 0 Å². The van der Waals surface area contributed by atoms with Crippen LogP contribution in [0.4, 0.5) is 5.69 Å². The van der Waals surface area contributed by atoms with E-state index in [1.165, 1.54) is 11.4 Å². The monoisotopic (exact) mass is 347 g/mol. The van der Waals surface area contributed by atoms with Gasteiger partial charge in [0.1, 0.15) is 16.4 Å². The van der Waals surface area contributed by atoms with E-state index >= 15 is 0 Å². The highest BCUT2D eigenvalue weighted by Gasteiger charge is 2.31. The summed E-state index contributed by atoms with van der Waals surface area (Å²) in [7, 11) is -0.600. The smallest absolute Gasteiger partial charge is 0.268 e. The molecule has 0 N–H and O–H groups in total. The highest BCUT2D eigenvalue weighted by atomic mass is 32.2. The molecule has 1 aliphatic rings. The number of fused-ring (bicyclic) bond motifs is 1. The van der Waals surface area contributed by atoms with E-state index in [0.717, 1.165) is 29.7 Å². The van der Waals surface area contributed by atoms with Crippen LogP contribution in [0, 0.1) is 6.92 Å². The lowest BCUT2D eigenvalue weighted by molar-refractivity contribution is 0.402. The first-order chi connectivity index (χ1) is 11.5. The van der Waals surface area contributed by atoms with Gasteiger partial charge in [-0.25, -0.2) is 8.42 Å². The van der Waals surface area contributed by atoms with Gasteiger partial charge < -0.3 is 9.47 Å². The maximum Gasteiger partial charge on any atom is 0.268 e. The molecule has 0 radical (unpaired) electrons. The van der Waals surface area contributed by atoms with E-state index in [2.05, 4.69) is 0 Å². The second kappa shape index (κ2) is 6.36. The van der Waals surface area contributed by atoms with Gasteiger partial charge in [0, 0.05) is 6.54 Å². The molecule has 0 bridgehead atoms. The minimum Gasteiger partial charge on any atom is -0.497 e. The van der Waals surface area contributed by atoms with Gasteiger partial charge in [0.15, 0.2) is 0 Å². The number of methoxy groups -OCH3 is 2. The molecule has 3 rings (SSSR count). The van der Waals surface area contributed by atoms with Gasteiger partial charge in [-0.15, -0.1) is 0 Å². The highest BCUT2D eigenvalue weighted by Crippen LogP contribution is 2.36. The fraction of sp³-hybridized carbons (Fsp3) is 0.333. The predicted molar refractivity (Wildman–Crippen MR) is 93.6 cm³/mol. The fourth-order valence-electron chi connectivity index (χ4n) is 3.02. The molecule has 0 saturated heterocycles. The number of rotatable bonds is 4. The quantitative estimate of drug-likeness (QED) is 0.852. The van der Waals surface area contributed by atoms with Crippen LogP contribution in [0.25, 0.3) is 0 Å². The van der Waals surface area contributed by atoms with E-state index in [-0.39, 0.29) is 4.90 Å². The Kier molecular flexibility index (Phi) is 4.41. The van der Waals surface area contributed by atoms with Crippen LogP contribution < -0.4 is 13.8 Å². The number of sulfonamides is 1. The molecule has 2 aromatic carbocycles. The fourth-order valence-corrected chi connectivity index (χ4v) is 4.80. The molecule has 0 amide bonds. The van der Waals surface area contributed by atoms with Crippen molar-refractivity contribution in [2.45, 2.75) is 24.7 Å². The topological polar surface area (TPSA) is 55.8 Å². The number of aryl methyl sites for hydroxylation is 2. The standard InChI is InChI=1S/C18H21NO4S/c1-13-6-9-17(23-3)18(11-13)24(20,21)19-10-4-5-14-12-15(22-2)7-8-16(14)19/h6-9,11-12H,4-5,10H2,1-3H3. The molecule has 128 valence electrons. The van der Waals surface area contributed by atoms with Crippen molar-refractivity contribution in [3.63, 3.8) is 0 Å². The van der Waals surface area contributed by atoms with E-state index in [1.807, 2.05) is 25.1 Å². The molecule has 0 aromatic heterocycles. The number of benzene rings is 2. The van der Waals surface area contributed by atoms with Crippen molar-refractivity contribution in [2.75, 3.05) is 25.1 Å². The lowest BCUT2D eigenvalue weighted by Gasteiger charge is -2.31. The summed E-state index contributed by atoms with van der Waals surface area (Å²) in [5, 5.41) is 0. The number of hydrogen-bond acceptors (Lipinski definition) is 4. The Bertz CT molecular complexity index is 861. The Labute approximate surface area is 142 Å². The van der Waals surface area contributed by atoms with E-state index in [1.54, 1.807) is 25.3 Å². The van der Waals surface area contributed by atoms with Gasteiger partial charge in [-0.05, 0) is 61.2 Å². The zero-order valence-electron chi connectivity index (χ0n) is 14.1. The highest BCUT2D eigenvalue weighted by molar-refractivity contribution is 7.93. The molecule has 0 atom stereocenters. The van der Waals surface area contributed by atoms with Crippen molar-refractivity contribution >= 4 is 15.7 Å². The first kappa shape index (κ1) is 16.6. The van der Waals surface area contributed by atoms with E-state index in [9.17, 15) is 8.42 Å². The van der Waals surface area contributed by atoms with Crippen molar-refractivity contribution in [3.8, 4) is 11.5 Å². The maximum absolute atomic E-state index is 13.3. The molecule has 2 aromatic rings. The third kappa shape index (κ3) is 2.82.